The summed E-state index contributed by atoms with van der Waals surface area (Å²) in [5, 5.41) is 5.17. The Morgan fingerprint density at radius 1 is 1.30 bits per heavy atom. The van der Waals surface area contributed by atoms with Crippen molar-refractivity contribution in [3.8, 4) is 0 Å². The van der Waals surface area contributed by atoms with E-state index in [1.807, 2.05) is 30.3 Å². The summed E-state index contributed by atoms with van der Waals surface area (Å²) in [5.41, 5.74) is 6.63. The quantitative estimate of drug-likeness (QED) is 0.635. The van der Waals surface area contributed by atoms with Crippen molar-refractivity contribution >= 4 is 29.0 Å². The molecule has 0 fully saturated rings. The molecule has 0 spiro atoms. The summed E-state index contributed by atoms with van der Waals surface area (Å²) in [7, 11) is 1.55. The van der Waals surface area contributed by atoms with Crippen molar-refractivity contribution < 1.29 is 9.59 Å². The van der Waals surface area contributed by atoms with Crippen LogP contribution >= 0.6 is 12.2 Å². The van der Waals surface area contributed by atoms with Gasteiger partial charge in [-0.2, -0.15) is 0 Å². The van der Waals surface area contributed by atoms with Gasteiger partial charge in [-0.1, -0.05) is 42.5 Å². The third kappa shape index (κ3) is 5.36. The number of carbonyl (C=O) groups is 2. The molecule has 0 aromatic heterocycles. The van der Waals surface area contributed by atoms with Crippen molar-refractivity contribution in [2.24, 2.45) is 11.7 Å². The number of amides is 2. The fourth-order valence-electron chi connectivity index (χ4n) is 1.72. The van der Waals surface area contributed by atoms with Crippen molar-refractivity contribution in [2.75, 3.05) is 13.6 Å². The summed E-state index contributed by atoms with van der Waals surface area (Å²) in [5.74, 6) is -0.928. The van der Waals surface area contributed by atoms with E-state index in [-0.39, 0.29) is 29.8 Å². The minimum absolute atomic E-state index is 0.125. The molecular formula is C14H19N3O2S. The molecule has 0 aliphatic carbocycles. The van der Waals surface area contributed by atoms with E-state index in [1.54, 1.807) is 7.05 Å². The number of hydrogen-bond acceptors (Lipinski definition) is 3. The van der Waals surface area contributed by atoms with Gasteiger partial charge in [0.1, 0.15) is 0 Å². The van der Waals surface area contributed by atoms with Crippen LogP contribution in [-0.4, -0.2) is 30.4 Å². The molecule has 0 saturated heterocycles. The number of hydrogen-bond donors (Lipinski definition) is 3. The van der Waals surface area contributed by atoms with Gasteiger partial charge in [0, 0.05) is 20.0 Å². The van der Waals surface area contributed by atoms with Gasteiger partial charge in [0.25, 0.3) is 0 Å². The first-order chi connectivity index (χ1) is 9.54. The van der Waals surface area contributed by atoms with E-state index in [4.69, 9.17) is 18.0 Å². The summed E-state index contributed by atoms with van der Waals surface area (Å²) in [6, 6.07) is 9.54. The molecule has 1 aromatic carbocycles. The highest BCUT2D eigenvalue weighted by atomic mass is 32.1. The average Bonchev–Trinajstić information content (AvgIpc) is 2.45. The zero-order valence-corrected chi connectivity index (χ0v) is 12.2. The van der Waals surface area contributed by atoms with Crippen molar-refractivity contribution in [2.45, 2.75) is 12.8 Å². The average molecular weight is 293 g/mol. The van der Waals surface area contributed by atoms with Crippen LogP contribution in [0.15, 0.2) is 30.3 Å². The van der Waals surface area contributed by atoms with Gasteiger partial charge >= 0.3 is 0 Å². The fraction of sp³-hybridized carbons (Fsp3) is 0.357. The third-order valence-corrected chi connectivity index (χ3v) is 3.16. The number of nitrogens with one attached hydrogen (secondary N) is 2. The molecule has 5 nitrogen and oxygen atoms in total. The SMILES string of the molecule is CNC(=O)CCNC(=O)C(Cc1ccccc1)C(N)=S. The predicted octanol–water partition coefficient (Wildman–Crippen LogP) is 0.384. The molecule has 1 atom stereocenters. The molecule has 0 heterocycles. The molecule has 20 heavy (non-hydrogen) atoms. The van der Waals surface area contributed by atoms with Crippen LogP contribution in [0.5, 0.6) is 0 Å². The minimum atomic E-state index is -0.558. The van der Waals surface area contributed by atoms with Gasteiger partial charge in [-0.25, -0.2) is 0 Å². The molecule has 0 aliphatic rings. The van der Waals surface area contributed by atoms with Gasteiger partial charge in [0.15, 0.2) is 0 Å². The lowest BCUT2D eigenvalue weighted by molar-refractivity contribution is -0.123. The largest absolute Gasteiger partial charge is 0.393 e. The van der Waals surface area contributed by atoms with Gasteiger partial charge < -0.3 is 16.4 Å². The van der Waals surface area contributed by atoms with Crippen LogP contribution in [0.4, 0.5) is 0 Å². The highest BCUT2D eigenvalue weighted by Crippen LogP contribution is 2.09. The van der Waals surface area contributed by atoms with Gasteiger partial charge in [0.05, 0.1) is 10.9 Å². The number of thiocarbonyl (C=S) groups is 1. The van der Waals surface area contributed by atoms with Gasteiger partial charge in [-0.05, 0) is 12.0 Å². The van der Waals surface area contributed by atoms with Crippen molar-refractivity contribution in [1.82, 2.24) is 10.6 Å². The predicted molar refractivity (Wildman–Crippen MR) is 82.1 cm³/mol. The summed E-state index contributed by atoms with van der Waals surface area (Å²) < 4.78 is 0. The summed E-state index contributed by atoms with van der Waals surface area (Å²) >= 11 is 4.95. The van der Waals surface area contributed by atoms with Crippen LogP contribution in [0.1, 0.15) is 12.0 Å². The fourth-order valence-corrected chi connectivity index (χ4v) is 1.91. The van der Waals surface area contributed by atoms with E-state index < -0.39 is 5.92 Å². The first-order valence-electron chi connectivity index (χ1n) is 6.36. The molecule has 0 bridgehead atoms. The Morgan fingerprint density at radius 2 is 1.95 bits per heavy atom. The summed E-state index contributed by atoms with van der Waals surface area (Å²) in [4.78, 5) is 23.3. The number of nitrogens with two attached hydrogens (primary N) is 1. The van der Waals surface area contributed by atoms with Crippen molar-refractivity contribution in [3.05, 3.63) is 35.9 Å². The Kier molecular flexibility index (Phi) is 6.66. The second-order valence-electron chi connectivity index (χ2n) is 4.36. The maximum Gasteiger partial charge on any atom is 0.230 e. The summed E-state index contributed by atoms with van der Waals surface area (Å²) in [6.07, 6.45) is 0.694. The standard InChI is InChI=1S/C14H19N3O2S/c1-16-12(18)7-8-17-14(19)11(13(15)20)9-10-5-3-2-4-6-10/h2-6,11H,7-9H2,1H3,(H2,15,20)(H,16,18)(H,17,19). The molecule has 1 rings (SSSR count). The van der Waals surface area contributed by atoms with Crippen molar-refractivity contribution in [1.29, 1.82) is 0 Å². The monoisotopic (exact) mass is 293 g/mol. The molecule has 0 aliphatic heterocycles. The van der Waals surface area contributed by atoms with E-state index in [9.17, 15) is 9.59 Å². The number of rotatable bonds is 7. The van der Waals surface area contributed by atoms with Crippen LogP contribution in [0.25, 0.3) is 0 Å². The van der Waals surface area contributed by atoms with E-state index in [2.05, 4.69) is 10.6 Å². The molecule has 1 unspecified atom stereocenters. The highest BCUT2D eigenvalue weighted by Gasteiger charge is 2.21. The topological polar surface area (TPSA) is 84.2 Å². The lowest BCUT2D eigenvalue weighted by Crippen LogP contribution is -2.40. The van der Waals surface area contributed by atoms with Gasteiger partial charge in [0.2, 0.25) is 11.8 Å². The van der Waals surface area contributed by atoms with Crippen LogP contribution in [-0.2, 0) is 16.0 Å². The smallest absolute Gasteiger partial charge is 0.230 e. The van der Waals surface area contributed by atoms with E-state index in [0.29, 0.717) is 6.42 Å². The van der Waals surface area contributed by atoms with Gasteiger partial charge in [-0.15, -0.1) is 0 Å². The molecular weight excluding hydrogens is 274 g/mol. The van der Waals surface area contributed by atoms with E-state index >= 15 is 0 Å². The van der Waals surface area contributed by atoms with E-state index in [0.717, 1.165) is 5.56 Å². The Balaban J connectivity index is 2.55. The minimum Gasteiger partial charge on any atom is -0.393 e. The van der Waals surface area contributed by atoms with Crippen LogP contribution < -0.4 is 16.4 Å². The highest BCUT2D eigenvalue weighted by molar-refractivity contribution is 7.80. The van der Waals surface area contributed by atoms with Gasteiger partial charge in [-0.3, -0.25) is 9.59 Å². The van der Waals surface area contributed by atoms with Crippen LogP contribution in [0.3, 0.4) is 0 Å². The number of benzene rings is 1. The molecule has 4 N–H and O–H groups in total. The lowest BCUT2D eigenvalue weighted by atomic mass is 9.98. The van der Waals surface area contributed by atoms with E-state index in [1.165, 1.54) is 0 Å². The summed E-state index contributed by atoms with van der Waals surface area (Å²) in [6.45, 7) is 0.270. The van der Waals surface area contributed by atoms with Crippen molar-refractivity contribution in [3.63, 3.8) is 0 Å². The first-order valence-corrected chi connectivity index (χ1v) is 6.77. The van der Waals surface area contributed by atoms with Crippen LogP contribution in [0.2, 0.25) is 0 Å². The normalized spacial score (nSPS) is 11.4. The molecule has 0 radical (unpaired) electrons. The molecule has 108 valence electrons. The Morgan fingerprint density at radius 3 is 2.50 bits per heavy atom. The second kappa shape index (κ2) is 8.27. The molecule has 6 heteroatoms. The third-order valence-electron chi connectivity index (χ3n) is 2.87. The molecule has 2 amide bonds. The Labute approximate surface area is 123 Å². The maximum absolute atomic E-state index is 12.0. The molecule has 0 saturated carbocycles. The maximum atomic E-state index is 12.0. The second-order valence-corrected chi connectivity index (χ2v) is 4.83. The Bertz CT molecular complexity index is 477. The lowest BCUT2D eigenvalue weighted by Gasteiger charge is -2.15. The zero-order valence-electron chi connectivity index (χ0n) is 11.4. The van der Waals surface area contributed by atoms with Crippen LogP contribution in [0, 0.1) is 5.92 Å². The Hall–Kier alpha value is -1.95. The first kappa shape index (κ1) is 16.1. The molecule has 1 aromatic rings. The zero-order chi connectivity index (χ0) is 15.0. The number of carbonyl (C=O) groups excluding carboxylic acids is 2.